The van der Waals surface area contributed by atoms with Gasteiger partial charge in [0.2, 0.25) is 5.82 Å². The van der Waals surface area contributed by atoms with Crippen molar-refractivity contribution in [3.05, 3.63) is 68.5 Å². The van der Waals surface area contributed by atoms with Gasteiger partial charge in [0.05, 0.1) is 11.5 Å². The molecule has 0 spiro atoms. The average molecular weight is 313 g/mol. The van der Waals surface area contributed by atoms with E-state index in [1.165, 1.54) is 23.0 Å². The maximum absolute atomic E-state index is 11.9. The van der Waals surface area contributed by atoms with E-state index in [9.17, 15) is 14.9 Å². The van der Waals surface area contributed by atoms with Crippen LogP contribution in [0.4, 0.5) is 5.69 Å². The van der Waals surface area contributed by atoms with Crippen LogP contribution >= 0.6 is 0 Å². The summed E-state index contributed by atoms with van der Waals surface area (Å²) in [6.07, 6.45) is 3.04. The highest BCUT2D eigenvalue weighted by Crippen LogP contribution is 2.22. The third kappa shape index (κ3) is 2.71. The van der Waals surface area contributed by atoms with Crippen molar-refractivity contribution in [2.24, 2.45) is 0 Å². The largest absolute Gasteiger partial charge is 0.442 e. The molecule has 3 rings (SSSR count). The van der Waals surface area contributed by atoms with Gasteiger partial charge in [0, 0.05) is 24.0 Å². The minimum atomic E-state index is -0.682. The molecule has 0 unspecified atom stereocenters. The average Bonchev–Trinajstić information content (AvgIpc) is 2.91. The summed E-state index contributed by atoms with van der Waals surface area (Å²) in [5.41, 5.74) is 1.08. The molecule has 0 saturated heterocycles. The van der Waals surface area contributed by atoms with E-state index in [2.05, 4.69) is 19.6 Å². The van der Waals surface area contributed by atoms with E-state index < -0.39 is 10.7 Å². The Bertz CT molecular complexity index is 916. The van der Waals surface area contributed by atoms with Crippen LogP contribution in [0.3, 0.4) is 0 Å². The number of nitro groups is 1. The topological polar surface area (TPSA) is 117 Å². The van der Waals surface area contributed by atoms with Gasteiger partial charge in [-0.3, -0.25) is 14.6 Å². The second kappa shape index (κ2) is 5.79. The van der Waals surface area contributed by atoms with Gasteiger partial charge in [-0.1, -0.05) is 17.3 Å². The third-order valence-corrected chi connectivity index (χ3v) is 3.39. The Morgan fingerprint density at radius 3 is 2.70 bits per heavy atom. The van der Waals surface area contributed by atoms with E-state index in [4.69, 9.17) is 0 Å². The predicted octanol–water partition coefficient (Wildman–Crippen LogP) is 1.56. The Hall–Kier alpha value is -3.36. The maximum atomic E-state index is 11.9. The smallest absolute Gasteiger partial charge is 0.295 e. The molecule has 0 bridgehead atoms. The summed E-state index contributed by atoms with van der Waals surface area (Å²) < 4.78 is 5.92. The molecule has 0 fully saturated rings. The van der Waals surface area contributed by atoms with Crippen molar-refractivity contribution in [2.45, 2.75) is 13.5 Å². The normalized spacial score (nSPS) is 10.7. The fourth-order valence-corrected chi connectivity index (χ4v) is 2.19. The van der Waals surface area contributed by atoms with Crippen molar-refractivity contribution in [1.29, 1.82) is 0 Å². The molecule has 0 aliphatic rings. The van der Waals surface area contributed by atoms with Crippen LogP contribution in [0.15, 0.2) is 46.0 Å². The highest BCUT2D eigenvalue weighted by Gasteiger charge is 2.18. The second-order valence-electron chi connectivity index (χ2n) is 4.75. The van der Waals surface area contributed by atoms with Crippen LogP contribution in [-0.2, 0) is 6.54 Å². The molecule has 2 aromatic heterocycles. The summed E-state index contributed by atoms with van der Waals surface area (Å²) in [5.74, 6) is -0.277. The summed E-state index contributed by atoms with van der Waals surface area (Å²) in [6.45, 7) is 1.70. The van der Waals surface area contributed by atoms with E-state index in [0.29, 0.717) is 11.1 Å². The first kappa shape index (κ1) is 14.6. The quantitative estimate of drug-likeness (QED) is 0.530. The molecule has 9 nitrogen and oxygen atoms in total. The van der Waals surface area contributed by atoms with Gasteiger partial charge in [-0.15, -0.1) is 0 Å². The first-order valence-corrected chi connectivity index (χ1v) is 6.64. The number of nitrogens with zero attached hydrogens (tertiary/aromatic N) is 5. The minimum absolute atomic E-state index is 0.00971. The van der Waals surface area contributed by atoms with Crippen molar-refractivity contribution in [2.75, 3.05) is 0 Å². The van der Waals surface area contributed by atoms with Crippen LogP contribution in [0.1, 0.15) is 11.1 Å². The lowest BCUT2D eigenvalue weighted by atomic mass is 10.1. The van der Waals surface area contributed by atoms with Crippen LogP contribution in [0.25, 0.3) is 11.6 Å². The van der Waals surface area contributed by atoms with Crippen molar-refractivity contribution in [3.8, 4) is 11.6 Å². The van der Waals surface area contributed by atoms with Crippen molar-refractivity contribution in [1.82, 2.24) is 19.7 Å². The van der Waals surface area contributed by atoms with E-state index in [-0.39, 0.29) is 23.9 Å². The fraction of sp³-hybridized carbons (Fsp3) is 0.143. The summed E-state index contributed by atoms with van der Waals surface area (Å²) >= 11 is 0. The van der Waals surface area contributed by atoms with Crippen molar-refractivity contribution in [3.63, 3.8) is 0 Å². The summed E-state index contributed by atoms with van der Waals surface area (Å²) in [5, 5.41) is 14.7. The number of hydrogen-bond acceptors (Lipinski definition) is 7. The number of rotatable bonds is 4. The lowest BCUT2D eigenvalue weighted by molar-refractivity contribution is -0.385. The molecule has 0 radical (unpaired) electrons. The van der Waals surface area contributed by atoms with Crippen LogP contribution in [-0.4, -0.2) is 24.6 Å². The van der Waals surface area contributed by atoms with Crippen LogP contribution in [0.2, 0.25) is 0 Å². The Balaban J connectivity index is 2.06. The predicted molar refractivity (Wildman–Crippen MR) is 78.7 cm³/mol. The zero-order chi connectivity index (χ0) is 16.4. The first-order chi connectivity index (χ1) is 11.1. The van der Waals surface area contributed by atoms with E-state index in [1.807, 2.05) is 0 Å². The molecule has 23 heavy (non-hydrogen) atoms. The molecular formula is C14H11N5O4. The second-order valence-corrected chi connectivity index (χ2v) is 4.75. The molecule has 116 valence electrons. The van der Waals surface area contributed by atoms with Gasteiger partial charge in [0.25, 0.3) is 5.69 Å². The molecule has 0 N–H and O–H groups in total. The maximum Gasteiger partial charge on any atom is 0.442 e. The standard InChI is InChI=1S/C14H11N5O4/c1-9-10(4-2-5-11(9)19(21)22)8-18-13(17-23-14(18)20)12-15-6-3-7-16-12/h2-7H,8H2,1H3. The van der Waals surface area contributed by atoms with Gasteiger partial charge in [-0.25, -0.2) is 19.3 Å². The fourth-order valence-electron chi connectivity index (χ4n) is 2.19. The lowest BCUT2D eigenvalue weighted by Gasteiger charge is -2.07. The van der Waals surface area contributed by atoms with Crippen LogP contribution < -0.4 is 5.76 Å². The SMILES string of the molecule is Cc1c(Cn2c(-c3ncccn3)noc2=O)cccc1[N+](=O)[O-]. The molecule has 9 heteroatoms. The minimum Gasteiger partial charge on any atom is -0.295 e. The molecule has 3 aromatic rings. The first-order valence-electron chi connectivity index (χ1n) is 6.64. The highest BCUT2D eigenvalue weighted by atomic mass is 16.6. The Kier molecular flexibility index (Phi) is 3.67. The summed E-state index contributed by atoms with van der Waals surface area (Å²) in [6, 6.07) is 6.32. The van der Waals surface area contributed by atoms with Gasteiger partial charge in [0.1, 0.15) is 0 Å². The molecule has 0 aliphatic heterocycles. The van der Waals surface area contributed by atoms with E-state index in [0.717, 1.165) is 0 Å². The Morgan fingerprint density at radius 2 is 2.00 bits per heavy atom. The van der Waals surface area contributed by atoms with Gasteiger partial charge >= 0.3 is 5.76 Å². The Labute approximate surface area is 129 Å². The van der Waals surface area contributed by atoms with E-state index in [1.54, 1.807) is 25.1 Å². The van der Waals surface area contributed by atoms with Gasteiger partial charge in [-0.2, -0.15) is 0 Å². The molecule has 0 amide bonds. The molecule has 1 aromatic carbocycles. The summed E-state index contributed by atoms with van der Waals surface area (Å²) in [7, 11) is 0. The molecule has 0 atom stereocenters. The van der Waals surface area contributed by atoms with Gasteiger partial charge in [0.15, 0.2) is 5.82 Å². The van der Waals surface area contributed by atoms with Gasteiger partial charge in [-0.05, 0) is 18.6 Å². The Morgan fingerprint density at radius 1 is 1.26 bits per heavy atom. The molecule has 0 aliphatic carbocycles. The number of hydrogen-bond donors (Lipinski definition) is 0. The van der Waals surface area contributed by atoms with Crippen LogP contribution in [0.5, 0.6) is 0 Å². The monoisotopic (exact) mass is 313 g/mol. The number of aromatic nitrogens is 4. The van der Waals surface area contributed by atoms with E-state index >= 15 is 0 Å². The zero-order valence-electron chi connectivity index (χ0n) is 12.0. The summed E-state index contributed by atoms with van der Waals surface area (Å²) in [4.78, 5) is 30.5. The van der Waals surface area contributed by atoms with Gasteiger partial charge < -0.3 is 0 Å². The molecule has 2 heterocycles. The third-order valence-electron chi connectivity index (χ3n) is 3.39. The van der Waals surface area contributed by atoms with Crippen LogP contribution in [0, 0.1) is 17.0 Å². The zero-order valence-corrected chi connectivity index (χ0v) is 12.0. The number of nitro benzene ring substituents is 1. The molecular weight excluding hydrogens is 302 g/mol. The lowest BCUT2D eigenvalue weighted by Crippen LogP contribution is -2.17. The number of benzene rings is 1. The van der Waals surface area contributed by atoms with Crippen molar-refractivity contribution >= 4 is 5.69 Å². The van der Waals surface area contributed by atoms with Crippen molar-refractivity contribution < 1.29 is 9.45 Å². The highest BCUT2D eigenvalue weighted by molar-refractivity contribution is 5.46. The molecule has 0 saturated carbocycles.